The Hall–Kier alpha value is -2.77. The Kier molecular flexibility index (Phi) is 5.94. The van der Waals surface area contributed by atoms with Crippen LogP contribution in [-0.4, -0.2) is 41.4 Å². The van der Waals surface area contributed by atoms with E-state index in [1.807, 2.05) is 13.8 Å². The van der Waals surface area contributed by atoms with Crippen molar-refractivity contribution in [3.05, 3.63) is 58.2 Å². The van der Waals surface area contributed by atoms with Gasteiger partial charge in [-0.3, -0.25) is 0 Å². The molecular weight excluding hydrogens is 431 g/mol. The lowest BCUT2D eigenvalue weighted by Crippen LogP contribution is -2.36. The van der Waals surface area contributed by atoms with Gasteiger partial charge in [-0.05, 0) is 64.2 Å². The van der Waals surface area contributed by atoms with Crippen LogP contribution in [0.25, 0.3) is 10.9 Å². The highest BCUT2D eigenvalue weighted by Crippen LogP contribution is 2.40. The molecule has 2 heterocycles. The Labute approximate surface area is 200 Å². The largest absolute Gasteiger partial charge is 0.386 e. The zero-order chi connectivity index (χ0) is 24.0. The van der Waals surface area contributed by atoms with Crippen molar-refractivity contribution in [1.29, 1.82) is 0 Å². The lowest BCUT2D eigenvalue weighted by Gasteiger charge is -2.31. The molecule has 2 aromatic carbocycles. The van der Waals surface area contributed by atoms with Gasteiger partial charge >= 0.3 is 0 Å². The molecule has 2 aliphatic rings. The van der Waals surface area contributed by atoms with E-state index in [9.17, 15) is 5.11 Å². The average molecular weight is 465 g/mol. The number of aryl methyl sites for hydroxylation is 2. The van der Waals surface area contributed by atoms with E-state index in [0.717, 1.165) is 56.5 Å². The van der Waals surface area contributed by atoms with E-state index in [1.165, 1.54) is 16.8 Å². The number of benzene rings is 2. The smallest absolute Gasteiger partial charge is 0.138 e. The van der Waals surface area contributed by atoms with Gasteiger partial charge in [-0.25, -0.2) is 14.4 Å². The van der Waals surface area contributed by atoms with E-state index >= 15 is 4.39 Å². The molecule has 1 aromatic heterocycles. The molecule has 0 bridgehead atoms. The number of ether oxygens (including phenoxy) is 1. The van der Waals surface area contributed by atoms with Gasteiger partial charge in [-0.15, -0.1) is 0 Å². The number of hydrogen-bond acceptors (Lipinski definition) is 6. The summed E-state index contributed by atoms with van der Waals surface area (Å²) in [7, 11) is 0. The molecule has 6 nitrogen and oxygen atoms in total. The molecule has 0 spiro atoms. The van der Waals surface area contributed by atoms with Crippen LogP contribution in [-0.2, 0) is 23.2 Å². The Bertz CT molecular complexity index is 1230. The van der Waals surface area contributed by atoms with Crippen LogP contribution in [0.15, 0.2) is 24.3 Å². The summed E-state index contributed by atoms with van der Waals surface area (Å²) in [6, 6.07) is 7.04. The number of hydrogen-bond donors (Lipinski definition) is 2. The lowest BCUT2D eigenvalue weighted by molar-refractivity contribution is 0.0743. The normalized spacial score (nSPS) is 17.2. The monoisotopic (exact) mass is 464 g/mol. The molecule has 34 heavy (non-hydrogen) atoms. The highest BCUT2D eigenvalue weighted by atomic mass is 19.1. The maximum absolute atomic E-state index is 15.4. The molecular formula is C27H33FN4O2. The standard InChI is InChI=1S/C27H33FN4O2/c1-16(18-7-6-10-22(24(18)28)27(3,4)33)29-26-21-15-23(32-11-13-34-14-12-32)19-8-5-9-20(19)25(21)30-17(2)31-26/h6-7,10,15-16,33H,5,8-9,11-14H2,1-4H3,(H,29,30,31)/t16-/m1/s1. The van der Waals surface area contributed by atoms with E-state index in [0.29, 0.717) is 17.2 Å². The highest BCUT2D eigenvalue weighted by Gasteiger charge is 2.27. The van der Waals surface area contributed by atoms with E-state index in [-0.39, 0.29) is 17.4 Å². The zero-order valence-corrected chi connectivity index (χ0v) is 20.4. The van der Waals surface area contributed by atoms with Crippen LogP contribution in [0, 0.1) is 12.7 Å². The summed E-state index contributed by atoms with van der Waals surface area (Å²) in [5.41, 5.74) is 4.49. The van der Waals surface area contributed by atoms with Gasteiger partial charge in [0.25, 0.3) is 0 Å². The molecule has 1 aliphatic heterocycles. The summed E-state index contributed by atoms with van der Waals surface area (Å²) in [6.07, 6.45) is 3.20. The van der Waals surface area contributed by atoms with E-state index in [4.69, 9.17) is 14.7 Å². The number of morpholine rings is 1. The average Bonchev–Trinajstić information content (AvgIpc) is 3.29. The first-order valence-electron chi connectivity index (χ1n) is 12.2. The zero-order valence-electron chi connectivity index (χ0n) is 20.4. The maximum Gasteiger partial charge on any atom is 0.138 e. The summed E-state index contributed by atoms with van der Waals surface area (Å²) in [4.78, 5) is 12.0. The number of anilines is 2. The first kappa shape index (κ1) is 23.0. The van der Waals surface area contributed by atoms with Crippen LogP contribution >= 0.6 is 0 Å². The van der Waals surface area contributed by atoms with Crippen LogP contribution in [0.5, 0.6) is 0 Å². The summed E-state index contributed by atoms with van der Waals surface area (Å²) in [5.74, 6) is 1.02. The molecule has 3 aromatic rings. The van der Waals surface area contributed by atoms with Gasteiger partial charge in [0, 0.05) is 35.3 Å². The molecule has 1 fully saturated rings. The predicted octanol–water partition coefficient (Wildman–Crippen LogP) is 4.80. The number of nitrogens with zero attached hydrogens (tertiary/aromatic N) is 3. The van der Waals surface area contributed by atoms with Crippen LogP contribution in [0.1, 0.15) is 61.3 Å². The third kappa shape index (κ3) is 4.12. The van der Waals surface area contributed by atoms with Crippen molar-refractivity contribution in [1.82, 2.24) is 9.97 Å². The van der Waals surface area contributed by atoms with E-state index in [2.05, 4.69) is 16.3 Å². The summed E-state index contributed by atoms with van der Waals surface area (Å²) < 4.78 is 20.9. The number of aliphatic hydroxyl groups is 1. The van der Waals surface area contributed by atoms with E-state index < -0.39 is 5.60 Å². The topological polar surface area (TPSA) is 70.5 Å². The second-order valence-electron chi connectivity index (χ2n) is 9.96. The minimum Gasteiger partial charge on any atom is -0.386 e. The lowest BCUT2D eigenvalue weighted by atomic mass is 9.93. The van der Waals surface area contributed by atoms with Crippen molar-refractivity contribution < 1.29 is 14.2 Å². The van der Waals surface area contributed by atoms with Gasteiger partial charge in [-0.2, -0.15) is 0 Å². The fourth-order valence-corrected chi connectivity index (χ4v) is 5.30. The number of nitrogens with one attached hydrogen (secondary N) is 1. The third-order valence-electron chi connectivity index (χ3n) is 7.01. The van der Waals surface area contributed by atoms with Gasteiger partial charge in [0.2, 0.25) is 0 Å². The van der Waals surface area contributed by atoms with E-state index in [1.54, 1.807) is 32.0 Å². The Morgan fingerprint density at radius 2 is 1.88 bits per heavy atom. The molecule has 1 aliphatic carbocycles. The fourth-order valence-electron chi connectivity index (χ4n) is 5.30. The van der Waals surface area contributed by atoms with Crippen LogP contribution in [0.2, 0.25) is 0 Å². The van der Waals surface area contributed by atoms with Gasteiger partial charge in [-0.1, -0.05) is 18.2 Å². The van der Waals surface area contributed by atoms with Crippen molar-refractivity contribution >= 4 is 22.4 Å². The van der Waals surface area contributed by atoms with Crippen LogP contribution in [0.4, 0.5) is 15.9 Å². The number of rotatable bonds is 5. The first-order valence-corrected chi connectivity index (χ1v) is 12.2. The van der Waals surface area contributed by atoms with Crippen molar-refractivity contribution in [2.45, 2.75) is 58.6 Å². The quantitative estimate of drug-likeness (QED) is 0.565. The molecule has 5 rings (SSSR count). The van der Waals surface area contributed by atoms with Gasteiger partial charge in [0.15, 0.2) is 0 Å². The van der Waals surface area contributed by atoms with Crippen LogP contribution in [0.3, 0.4) is 0 Å². The Morgan fingerprint density at radius 3 is 2.62 bits per heavy atom. The molecule has 0 saturated carbocycles. The second-order valence-corrected chi connectivity index (χ2v) is 9.96. The Balaban J connectivity index is 1.59. The summed E-state index contributed by atoms with van der Waals surface area (Å²) in [6.45, 7) is 10.2. The predicted molar refractivity (Wildman–Crippen MR) is 133 cm³/mol. The van der Waals surface area contributed by atoms with Crippen molar-refractivity contribution in [2.75, 3.05) is 36.5 Å². The molecule has 0 unspecified atom stereocenters. The number of fused-ring (bicyclic) bond motifs is 3. The van der Waals surface area contributed by atoms with Crippen molar-refractivity contribution in [3.8, 4) is 0 Å². The second kappa shape index (κ2) is 8.78. The molecule has 1 saturated heterocycles. The minimum atomic E-state index is -1.26. The molecule has 7 heteroatoms. The SMILES string of the molecule is Cc1nc(N[C@H](C)c2cccc(C(C)(C)O)c2F)c2cc(N3CCOCC3)c3c(c2n1)CCC3. The van der Waals surface area contributed by atoms with Crippen molar-refractivity contribution in [3.63, 3.8) is 0 Å². The van der Waals surface area contributed by atoms with Gasteiger partial charge in [0.1, 0.15) is 17.5 Å². The Morgan fingerprint density at radius 1 is 1.15 bits per heavy atom. The summed E-state index contributed by atoms with van der Waals surface area (Å²) >= 11 is 0. The highest BCUT2D eigenvalue weighted by molar-refractivity contribution is 5.96. The fraction of sp³-hybridized carbons (Fsp3) is 0.481. The number of halogens is 1. The molecule has 180 valence electrons. The van der Waals surface area contributed by atoms with Crippen LogP contribution < -0.4 is 10.2 Å². The summed E-state index contributed by atoms with van der Waals surface area (Å²) in [5, 5.41) is 14.8. The van der Waals surface area contributed by atoms with Gasteiger partial charge < -0.3 is 20.1 Å². The third-order valence-corrected chi connectivity index (χ3v) is 7.01. The molecule has 0 amide bonds. The molecule has 2 N–H and O–H groups in total. The minimum absolute atomic E-state index is 0.287. The molecule has 1 atom stereocenters. The van der Waals surface area contributed by atoms with Gasteiger partial charge in [0.05, 0.1) is 30.4 Å². The van der Waals surface area contributed by atoms with Crippen molar-refractivity contribution in [2.24, 2.45) is 0 Å². The number of aromatic nitrogens is 2. The molecule has 0 radical (unpaired) electrons. The first-order chi connectivity index (χ1) is 16.2. The maximum atomic E-state index is 15.4.